The Balaban J connectivity index is 2.24. The first-order chi connectivity index (χ1) is 9.67. The van der Waals surface area contributed by atoms with Crippen LogP contribution >= 0.6 is 11.6 Å². The molecule has 1 aliphatic heterocycles. The van der Waals surface area contributed by atoms with Crippen molar-refractivity contribution in [3.8, 4) is 5.75 Å². The maximum absolute atomic E-state index is 13.4. The molecule has 110 valence electrons. The summed E-state index contributed by atoms with van der Waals surface area (Å²) >= 11 is 5.98. The number of ether oxygens (including phenoxy) is 1. The van der Waals surface area contributed by atoms with Crippen molar-refractivity contribution in [2.24, 2.45) is 0 Å². The number of carbonyl (C=O) groups excluding carboxylic acids is 1. The van der Waals surface area contributed by atoms with Crippen LogP contribution in [0.25, 0.3) is 0 Å². The molecule has 0 spiro atoms. The molecular formula is C15H19ClFNO2. The number of amides is 1. The summed E-state index contributed by atoms with van der Waals surface area (Å²) in [5, 5.41) is 0. The van der Waals surface area contributed by atoms with Gasteiger partial charge in [-0.15, -0.1) is 11.6 Å². The quantitative estimate of drug-likeness (QED) is 0.800. The molecule has 0 N–H and O–H groups in total. The predicted molar refractivity (Wildman–Crippen MR) is 77.0 cm³/mol. The van der Waals surface area contributed by atoms with E-state index in [2.05, 4.69) is 0 Å². The first-order valence-corrected chi connectivity index (χ1v) is 7.41. The predicted octanol–water partition coefficient (Wildman–Crippen LogP) is 3.46. The number of carbonyl (C=O) groups is 1. The van der Waals surface area contributed by atoms with Gasteiger partial charge in [0.05, 0.1) is 7.11 Å². The minimum Gasteiger partial charge on any atom is -0.494 e. The molecule has 1 fully saturated rings. The van der Waals surface area contributed by atoms with Crippen LogP contribution in [0.1, 0.15) is 36.0 Å². The average Bonchev–Trinajstić information content (AvgIpc) is 2.72. The number of hydrogen-bond donors (Lipinski definition) is 0. The summed E-state index contributed by atoms with van der Waals surface area (Å²) in [5.41, 5.74) is 0.445. The molecule has 0 aliphatic carbocycles. The van der Waals surface area contributed by atoms with E-state index < -0.39 is 5.82 Å². The van der Waals surface area contributed by atoms with E-state index in [1.165, 1.54) is 25.3 Å². The molecule has 1 heterocycles. The number of rotatable bonds is 3. The Bertz CT molecular complexity index is 481. The highest BCUT2D eigenvalue weighted by Crippen LogP contribution is 2.23. The SMILES string of the molecule is COc1cc(C(=O)N2CCCCCC2CCl)ccc1F. The van der Waals surface area contributed by atoms with E-state index in [4.69, 9.17) is 16.3 Å². The Labute approximate surface area is 123 Å². The third kappa shape index (κ3) is 3.23. The standard InChI is InChI=1S/C15H19ClFNO2/c1-20-14-9-11(6-7-13(14)17)15(19)18-8-4-2-3-5-12(18)10-16/h6-7,9,12H,2-5,8,10H2,1H3. The molecule has 5 heteroatoms. The summed E-state index contributed by atoms with van der Waals surface area (Å²) in [4.78, 5) is 14.4. The highest BCUT2D eigenvalue weighted by Gasteiger charge is 2.26. The lowest BCUT2D eigenvalue weighted by atomic mass is 10.1. The van der Waals surface area contributed by atoms with Crippen LogP contribution in [0.4, 0.5) is 4.39 Å². The largest absolute Gasteiger partial charge is 0.494 e. The van der Waals surface area contributed by atoms with Crippen molar-refractivity contribution < 1.29 is 13.9 Å². The van der Waals surface area contributed by atoms with Gasteiger partial charge in [0.2, 0.25) is 0 Å². The van der Waals surface area contributed by atoms with Crippen molar-refractivity contribution in [3.63, 3.8) is 0 Å². The third-order valence-electron chi connectivity index (χ3n) is 3.71. The molecule has 1 aromatic rings. The molecule has 1 amide bonds. The van der Waals surface area contributed by atoms with E-state index in [0.29, 0.717) is 18.0 Å². The van der Waals surface area contributed by atoms with E-state index in [1.807, 2.05) is 4.90 Å². The lowest BCUT2D eigenvalue weighted by Gasteiger charge is -2.28. The van der Waals surface area contributed by atoms with Gasteiger partial charge in [0.25, 0.3) is 5.91 Å². The second kappa shape index (κ2) is 6.93. The molecule has 0 aromatic heterocycles. The minimum absolute atomic E-state index is 0.0581. The van der Waals surface area contributed by atoms with Gasteiger partial charge >= 0.3 is 0 Å². The highest BCUT2D eigenvalue weighted by atomic mass is 35.5. The van der Waals surface area contributed by atoms with E-state index in [-0.39, 0.29) is 17.7 Å². The fourth-order valence-corrected chi connectivity index (χ4v) is 2.88. The second-order valence-corrected chi connectivity index (χ2v) is 5.31. The lowest BCUT2D eigenvalue weighted by Crippen LogP contribution is -2.41. The van der Waals surface area contributed by atoms with Crippen molar-refractivity contribution in [2.45, 2.75) is 31.7 Å². The van der Waals surface area contributed by atoms with Gasteiger partial charge in [-0.1, -0.05) is 12.8 Å². The van der Waals surface area contributed by atoms with Crippen LogP contribution < -0.4 is 4.74 Å². The molecule has 1 atom stereocenters. The van der Waals surface area contributed by atoms with Gasteiger partial charge < -0.3 is 9.64 Å². The fraction of sp³-hybridized carbons (Fsp3) is 0.533. The maximum Gasteiger partial charge on any atom is 0.254 e. The van der Waals surface area contributed by atoms with Crippen LogP contribution in [0.3, 0.4) is 0 Å². The summed E-state index contributed by atoms with van der Waals surface area (Å²) < 4.78 is 18.3. The minimum atomic E-state index is -0.464. The molecule has 3 nitrogen and oxygen atoms in total. The zero-order valence-corrected chi connectivity index (χ0v) is 12.3. The maximum atomic E-state index is 13.4. The number of alkyl halides is 1. The topological polar surface area (TPSA) is 29.5 Å². The van der Waals surface area contributed by atoms with Crippen molar-refractivity contribution >= 4 is 17.5 Å². The Morgan fingerprint density at radius 1 is 1.45 bits per heavy atom. The van der Waals surface area contributed by atoms with Crippen LogP contribution in [-0.2, 0) is 0 Å². The summed E-state index contributed by atoms with van der Waals surface area (Å²) in [5.74, 6) is -0.0397. The number of benzene rings is 1. The van der Waals surface area contributed by atoms with Crippen molar-refractivity contribution in [3.05, 3.63) is 29.6 Å². The van der Waals surface area contributed by atoms with E-state index in [1.54, 1.807) is 0 Å². The lowest BCUT2D eigenvalue weighted by molar-refractivity contribution is 0.0700. The molecule has 0 saturated carbocycles. The Hall–Kier alpha value is -1.29. The average molecular weight is 300 g/mol. The molecular weight excluding hydrogens is 281 g/mol. The van der Waals surface area contributed by atoms with Gasteiger partial charge in [-0.05, 0) is 31.0 Å². The van der Waals surface area contributed by atoms with Gasteiger partial charge in [-0.3, -0.25) is 4.79 Å². The number of halogens is 2. The van der Waals surface area contributed by atoms with E-state index in [9.17, 15) is 9.18 Å². The molecule has 1 aliphatic rings. The molecule has 2 rings (SSSR count). The first kappa shape index (κ1) is 15.1. The fourth-order valence-electron chi connectivity index (χ4n) is 2.56. The number of likely N-dealkylation sites (tertiary alicyclic amines) is 1. The van der Waals surface area contributed by atoms with Gasteiger partial charge in [0, 0.05) is 24.0 Å². The second-order valence-electron chi connectivity index (χ2n) is 5.01. The summed E-state index contributed by atoms with van der Waals surface area (Å²) in [6.45, 7) is 0.704. The van der Waals surface area contributed by atoms with Crippen LogP contribution in [0.15, 0.2) is 18.2 Å². The van der Waals surface area contributed by atoms with Gasteiger partial charge in [0.15, 0.2) is 11.6 Å². The summed E-state index contributed by atoms with van der Waals surface area (Å²) in [7, 11) is 1.39. The first-order valence-electron chi connectivity index (χ1n) is 6.88. The van der Waals surface area contributed by atoms with Crippen molar-refractivity contribution in [1.82, 2.24) is 4.90 Å². The zero-order chi connectivity index (χ0) is 14.5. The number of methoxy groups -OCH3 is 1. The van der Waals surface area contributed by atoms with Crippen LogP contribution in [-0.4, -0.2) is 36.4 Å². The summed E-state index contributed by atoms with van der Waals surface area (Å²) in [6, 6.07) is 4.27. The van der Waals surface area contributed by atoms with Gasteiger partial charge in [0.1, 0.15) is 0 Å². The number of hydrogen-bond acceptors (Lipinski definition) is 2. The highest BCUT2D eigenvalue weighted by molar-refractivity contribution is 6.18. The zero-order valence-electron chi connectivity index (χ0n) is 11.6. The number of nitrogens with zero attached hydrogens (tertiary/aromatic N) is 1. The third-order valence-corrected chi connectivity index (χ3v) is 4.07. The Morgan fingerprint density at radius 2 is 2.25 bits per heavy atom. The van der Waals surface area contributed by atoms with Crippen molar-refractivity contribution in [1.29, 1.82) is 0 Å². The van der Waals surface area contributed by atoms with Crippen molar-refractivity contribution in [2.75, 3.05) is 19.5 Å². The van der Waals surface area contributed by atoms with E-state index in [0.717, 1.165) is 25.7 Å². The van der Waals surface area contributed by atoms with Gasteiger partial charge in [-0.2, -0.15) is 0 Å². The van der Waals surface area contributed by atoms with Gasteiger partial charge in [-0.25, -0.2) is 4.39 Å². The molecule has 1 saturated heterocycles. The Morgan fingerprint density at radius 3 is 2.95 bits per heavy atom. The van der Waals surface area contributed by atoms with Crippen LogP contribution in [0, 0.1) is 5.82 Å². The molecule has 0 radical (unpaired) electrons. The molecule has 20 heavy (non-hydrogen) atoms. The summed E-state index contributed by atoms with van der Waals surface area (Å²) in [6.07, 6.45) is 4.11. The van der Waals surface area contributed by atoms with Crippen LogP contribution in [0.5, 0.6) is 5.75 Å². The van der Waals surface area contributed by atoms with Crippen LogP contribution in [0.2, 0.25) is 0 Å². The molecule has 0 bridgehead atoms. The Kier molecular flexibility index (Phi) is 5.24. The van der Waals surface area contributed by atoms with E-state index >= 15 is 0 Å². The normalized spacial score (nSPS) is 19.6. The smallest absolute Gasteiger partial charge is 0.254 e. The monoisotopic (exact) mass is 299 g/mol. The molecule has 1 unspecified atom stereocenters. The molecule has 1 aromatic carbocycles.